The van der Waals surface area contributed by atoms with E-state index in [0.29, 0.717) is 30.1 Å². The van der Waals surface area contributed by atoms with Crippen molar-refractivity contribution in [3.63, 3.8) is 0 Å². The Balaban J connectivity index is 1.40. The molecule has 1 aliphatic heterocycles. The van der Waals surface area contributed by atoms with E-state index in [-0.39, 0.29) is 12.1 Å². The molecule has 5 rings (SSSR count). The number of pyridine rings is 1. The first-order valence-electron chi connectivity index (χ1n) is 10.6. The number of rotatable bonds is 3. The highest BCUT2D eigenvalue weighted by Gasteiger charge is 2.42. The molecule has 1 aromatic heterocycles. The maximum absolute atomic E-state index is 13.3. The molecule has 1 unspecified atom stereocenters. The van der Waals surface area contributed by atoms with Gasteiger partial charge in [0.05, 0.1) is 11.3 Å². The molecule has 2 heterocycles. The SMILES string of the molecule is O=C(NC1C[C@H]1c1ccccc1)N1CCc2cccnc2[C@H]1c1ccc(C(F)(F)F)cc1. The topological polar surface area (TPSA) is 45.2 Å². The van der Waals surface area contributed by atoms with Crippen molar-refractivity contribution in [2.45, 2.75) is 37.0 Å². The molecule has 1 fully saturated rings. The van der Waals surface area contributed by atoms with E-state index in [1.807, 2.05) is 30.3 Å². The standard InChI is InChI=1S/C25H22F3N3O/c26-25(27,28)19-10-8-18(9-11-19)23-22-17(7-4-13-29-22)12-14-31(23)24(32)30-21-15-20(21)16-5-2-1-3-6-16/h1-11,13,20-21,23H,12,14-15H2,(H,30,32)/t20-,21?,23+/m0/s1. The maximum Gasteiger partial charge on any atom is 0.416 e. The van der Waals surface area contributed by atoms with Crippen LogP contribution in [0.2, 0.25) is 0 Å². The number of carbonyl (C=O) groups is 1. The highest BCUT2D eigenvalue weighted by atomic mass is 19.4. The molecular weight excluding hydrogens is 415 g/mol. The maximum atomic E-state index is 13.3. The van der Waals surface area contributed by atoms with Gasteiger partial charge in [-0.3, -0.25) is 4.98 Å². The lowest BCUT2D eigenvalue weighted by molar-refractivity contribution is -0.137. The van der Waals surface area contributed by atoms with E-state index in [0.717, 1.165) is 24.1 Å². The van der Waals surface area contributed by atoms with E-state index in [1.54, 1.807) is 11.1 Å². The molecule has 0 saturated heterocycles. The molecule has 1 N–H and O–H groups in total. The third-order valence-electron chi connectivity index (χ3n) is 6.26. The summed E-state index contributed by atoms with van der Waals surface area (Å²) in [5.74, 6) is 0.292. The Hall–Kier alpha value is -3.35. The summed E-state index contributed by atoms with van der Waals surface area (Å²) < 4.78 is 39.1. The lowest BCUT2D eigenvalue weighted by atomic mass is 9.92. The number of halogens is 3. The predicted molar refractivity (Wildman–Crippen MR) is 114 cm³/mol. The average molecular weight is 437 g/mol. The van der Waals surface area contributed by atoms with Gasteiger partial charge in [-0.25, -0.2) is 4.79 Å². The van der Waals surface area contributed by atoms with E-state index in [2.05, 4.69) is 22.4 Å². The van der Waals surface area contributed by atoms with Gasteiger partial charge in [-0.2, -0.15) is 13.2 Å². The molecule has 4 nitrogen and oxygen atoms in total. The molecule has 2 aliphatic rings. The number of hydrogen-bond donors (Lipinski definition) is 1. The second-order valence-corrected chi connectivity index (χ2v) is 8.32. The van der Waals surface area contributed by atoms with Crippen molar-refractivity contribution < 1.29 is 18.0 Å². The van der Waals surface area contributed by atoms with Crippen LogP contribution in [0.25, 0.3) is 0 Å². The summed E-state index contributed by atoms with van der Waals surface area (Å²) in [4.78, 5) is 19.4. The number of nitrogens with one attached hydrogen (secondary N) is 1. The Morgan fingerprint density at radius 2 is 1.72 bits per heavy atom. The first-order chi connectivity index (χ1) is 15.4. The summed E-state index contributed by atoms with van der Waals surface area (Å²) in [6.07, 6.45) is -1.22. The molecule has 2 aromatic carbocycles. The van der Waals surface area contributed by atoms with Crippen LogP contribution in [-0.2, 0) is 12.6 Å². The van der Waals surface area contributed by atoms with Crippen LogP contribution in [0, 0.1) is 0 Å². The third-order valence-corrected chi connectivity index (χ3v) is 6.26. The molecule has 164 valence electrons. The number of fused-ring (bicyclic) bond motifs is 1. The zero-order valence-electron chi connectivity index (χ0n) is 17.2. The number of aromatic nitrogens is 1. The van der Waals surface area contributed by atoms with Crippen LogP contribution in [0.3, 0.4) is 0 Å². The monoisotopic (exact) mass is 437 g/mol. The number of carbonyl (C=O) groups excluding carboxylic acids is 1. The Bertz CT molecular complexity index is 1120. The number of hydrogen-bond acceptors (Lipinski definition) is 2. The second-order valence-electron chi connectivity index (χ2n) is 8.32. The van der Waals surface area contributed by atoms with Crippen LogP contribution in [-0.4, -0.2) is 28.5 Å². The van der Waals surface area contributed by atoms with Gasteiger partial charge < -0.3 is 10.2 Å². The van der Waals surface area contributed by atoms with Crippen LogP contribution >= 0.6 is 0 Å². The number of amides is 2. The number of alkyl halides is 3. The van der Waals surface area contributed by atoms with Gasteiger partial charge in [-0.05, 0) is 47.7 Å². The average Bonchev–Trinajstić information content (AvgIpc) is 3.57. The van der Waals surface area contributed by atoms with Gasteiger partial charge in [0.25, 0.3) is 0 Å². The molecule has 7 heteroatoms. The van der Waals surface area contributed by atoms with Gasteiger partial charge >= 0.3 is 12.2 Å². The van der Waals surface area contributed by atoms with E-state index in [9.17, 15) is 18.0 Å². The van der Waals surface area contributed by atoms with Crippen LogP contribution in [0.15, 0.2) is 72.9 Å². The van der Waals surface area contributed by atoms with Crippen LogP contribution in [0.4, 0.5) is 18.0 Å². The summed E-state index contributed by atoms with van der Waals surface area (Å²) in [6, 6.07) is 18.2. The second kappa shape index (κ2) is 7.97. The fraction of sp³-hybridized carbons (Fsp3) is 0.280. The quantitative estimate of drug-likeness (QED) is 0.603. The molecule has 2 amide bonds. The van der Waals surface area contributed by atoms with Crippen LogP contribution < -0.4 is 5.32 Å². The van der Waals surface area contributed by atoms with Gasteiger partial charge in [-0.1, -0.05) is 48.5 Å². The molecule has 0 spiro atoms. The van der Waals surface area contributed by atoms with Crippen molar-refractivity contribution >= 4 is 6.03 Å². The number of nitrogens with zero attached hydrogens (tertiary/aromatic N) is 2. The van der Waals surface area contributed by atoms with Crippen molar-refractivity contribution in [3.05, 3.63) is 101 Å². The Kier molecular flexibility index (Phi) is 5.12. The van der Waals surface area contributed by atoms with Crippen molar-refractivity contribution in [2.75, 3.05) is 6.54 Å². The summed E-state index contributed by atoms with van der Waals surface area (Å²) in [7, 11) is 0. The van der Waals surface area contributed by atoms with Crippen molar-refractivity contribution in [1.82, 2.24) is 15.2 Å². The summed E-state index contributed by atoms with van der Waals surface area (Å²) in [5, 5.41) is 3.12. The highest BCUT2D eigenvalue weighted by Crippen LogP contribution is 2.41. The summed E-state index contributed by atoms with van der Waals surface area (Å²) >= 11 is 0. The van der Waals surface area contributed by atoms with Gasteiger partial charge in [-0.15, -0.1) is 0 Å². The predicted octanol–water partition coefficient (Wildman–Crippen LogP) is 5.31. The molecule has 3 atom stereocenters. The van der Waals surface area contributed by atoms with Gasteiger partial charge in [0.1, 0.15) is 6.04 Å². The van der Waals surface area contributed by atoms with Gasteiger partial charge in [0.2, 0.25) is 0 Å². The Morgan fingerprint density at radius 3 is 2.44 bits per heavy atom. The van der Waals surface area contributed by atoms with Crippen LogP contribution in [0.5, 0.6) is 0 Å². The summed E-state index contributed by atoms with van der Waals surface area (Å²) in [6.45, 7) is 0.471. The largest absolute Gasteiger partial charge is 0.416 e. The first-order valence-corrected chi connectivity index (χ1v) is 10.6. The fourth-order valence-electron chi connectivity index (χ4n) is 4.50. The third kappa shape index (κ3) is 3.95. The van der Waals surface area contributed by atoms with E-state index in [1.165, 1.54) is 17.7 Å². The van der Waals surface area contributed by atoms with E-state index >= 15 is 0 Å². The number of urea groups is 1. The zero-order valence-corrected chi connectivity index (χ0v) is 17.2. The van der Waals surface area contributed by atoms with Gasteiger partial charge in [0.15, 0.2) is 0 Å². The molecule has 0 radical (unpaired) electrons. The van der Waals surface area contributed by atoms with Gasteiger partial charge in [0, 0.05) is 24.7 Å². The van der Waals surface area contributed by atoms with Crippen molar-refractivity contribution in [3.8, 4) is 0 Å². The number of benzene rings is 2. The Labute approximate surface area is 184 Å². The zero-order chi connectivity index (χ0) is 22.3. The fourth-order valence-corrected chi connectivity index (χ4v) is 4.50. The molecular formula is C25H22F3N3O. The minimum Gasteiger partial charge on any atom is -0.335 e. The summed E-state index contributed by atoms with van der Waals surface area (Å²) in [5.41, 5.74) is 2.82. The molecule has 32 heavy (non-hydrogen) atoms. The van der Waals surface area contributed by atoms with Crippen molar-refractivity contribution in [2.24, 2.45) is 0 Å². The Morgan fingerprint density at radius 1 is 0.969 bits per heavy atom. The minimum absolute atomic E-state index is 0.0586. The lowest BCUT2D eigenvalue weighted by Gasteiger charge is -2.37. The minimum atomic E-state index is -4.41. The molecule has 1 saturated carbocycles. The lowest BCUT2D eigenvalue weighted by Crippen LogP contribution is -2.47. The first kappa shape index (κ1) is 20.5. The molecule has 1 aliphatic carbocycles. The van der Waals surface area contributed by atoms with E-state index in [4.69, 9.17) is 0 Å². The molecule has 0 bridgehead atoms. The smallest absolute Gasteiger partial charge is 0.335 e. The normalized spacial score (nSPS) is 22.2. The highest BCUT2D eigenvalue weighted by molar-refractivity contribution is 5.77. The van der Waals surface area contributed by atoms with E-state index < -0.39 is 17.8 Å². The molecule has 3 aromatic rings. The van der Waals surface area contributed by atoms with Crippen LogP contribution in [0.1, 0.15) is 46.3 Å². The van der Waals surface area contributed by atoms with Crippen molar-refractivity contribution in [1.29, 1.82) is 0 Å².